The second-order valence-electron chi connectivity index (χ2n) is 6.95. The molecule has 0 radical (unpaired) electrons. The fourth-order valence-corrected chi connectivity index (χ4v) is 3.05. The van der Waals surface area contributed by atoms with E-state index >= 15 is 0 Å². The van der Waals surface area contributed by atoms with Crippen molar-refractivity contribution in [1.82, 2.24) is 15.0 Å². The number of hydrogen-bond donors (Lipinski definition) is 1. The molecule has 1 unspecified atom stereocenters. The second-order valence-corrected chi connectivity index (χ2v) is 6.95. The van der Waals surface area contributed by atoms with Gasteiger partial charge >= 0.3 is 5.97 Å². The lowest BCUT2D eigenvalue weighted by molar-refractivity contribution is -0.141. The fourth-order valence-electron chi connectivity index (χ4n) is 3.05. The van der Waals surface area contributed by atoms with E-state index < -0.39 is 11.9 Å². The first-order valence-corrected chi connectivity index (χ1v) is 8.87. The maximum atomic E-state index is 12.2. The number of carboxylic acid groups (broad SMARTS) is 1. The molecule has 1 aliphatic rings. The van der Waals surface area contributed by atoms with Crippen LogP contribution in [0.15, 0.2) is 28.8 Å². The van der Waals surface area contributed by atoms with Crippen LogP contribution in [-0.2, 0) is 16.0 Å². The van der Waals surface area contributed by atoms with Gasteiger partial charge in [-0.3, -0.25) is 9.59 Å². The van der Waals surface area contributed by atoms with Gasteiger partial charge in [0.15, 0.2) is 0 Å². The van der Waals surface area contributed by atoms with Crippen LogP contribution in [0, 0.1) is 5.92 Å². The Hall–Kier alpha value is -2.41. The monoisotopic (exact) mass is 393 g/mol. The van der Waals surface area contributed by atoms with Gasteiger partial charge in [-0.15, -0.1) is 12.4 Å². The third-order valence-corrected chi connectivity index (χ3v) is 4.75. The predicted octanol–water partition coefficient (Wildman–Crippen LogP) is 3.15. The predicted molar refractivity (Wildman–Crippen MR) is 102 cm³/mol. The van der Waals surface area contributed by atoms with E-state index in [-0.39, 0.29) is 31.3 Å². The molecule has 1 atom stereocenters. The minimum absolute atomic E-state index is 0. The Morgan fingerprint density at radius 3 is 2.59 bits per heavy atom. The van der Waals surface area contributed by atoms with Crippen molar-refractivity contribution in [1.29, 1.82) is 0 Å². The SMILES string of the molecule is CC(C)c1ccc(-c2noc(CCC(=O)N3CCC(C(=O)O)C3)n2)cc1.Cl. The number of aliphatic carboxylic acids is 1. The normalized spacial score (nSPS) is 16.4. The van der Waals surface area contributed by atoms with E-state index in [1.54, 1.807) is 4.90 Å². The van der Waals surface area contributed by atoms with E-state index in [0.717, 1.165) is 5.56 Å². The summed E-state index contributed by atoms with van der Waals surface area (Å²) < 4.78 is 5.24. The number of carbonyl (C=O) groups excluding carboxylic acids is 1. The molecule has 1 aromatic carbocycles. The lowest BCUT2D eigenvalue weighted by atomic mass is 10.0. The summed E-state index contributed by atoms with van der Waals surface area (Å²) in [5.41, 5.74) is 2.12. The van der Waals surface area contributed by atoms with Crippen LogP contribution in [0.4, 0.5) is 0 Å². The van der Waals surface area contributed by atoms with Crippen LogP contribution in [0.3, 0.4) is 0 Å². The molecule has 2 aromatic rings. The van der Waals surface area contributed by atoms with E-state index in [0.29, 0.717) is 37.0 Å². The molecular formula is C19H24ClN3O4. The van der Waals surface area contributed by atoms with Gasteiger partial charge in [-0.1, -0.05) is 43.3 Å². The molecule has 1 aliphatic heterocycles. The summed E-state index contributed by atoms with van der Waals surface area (Å²) in [5.74, 6) is 0.00947. The van der Waals surface area contributed by atoms with E-state index in [2.05, 4.69) is 24.0 Å². The zero-order valence-corrected chi connectivity index (χ0v) is 16.2. The van der Waals surface area contributed by atoms with Gasteiger partial charge < -0.3 is 14.5 Å². The average molecular weight is 394 g/mol. The van der Waals surface area contributed by atoms with Crippen LogP contribution in [0.1, 0.15) is 44.1 Å². The number of halogens is 1. The molecule has 1 aromatic heterocycles. The number of aromatic nitrogens is 2. The molecule has 0 spiro atoms. The third kappa shape index (κ3) is 5.07. The summed E-state index contributed by atoms with van der Waals surface area (Å²) in [6.45, 7) is 5.05. The topological polar surface area (TPSA) is 96.5 Å². The molecule has 1 N–H and O–H groups in total. The number of likely N-dealkylation sites (tertiary alicyclic amines) is 1. The van der Waals surface area contributed by atoms with Crippen molar-refractivity contribution in [3.8, 4) is 11.4 Å². The van der Waals surface area contributed by atoms with E-state index in [1.165, 1.54) is 5.56 Å². The van der Waals surface area contributed by atoms with Crippen molar-refractivity contribution in [3.05, 3.63) is 35.7 Å². The van der Waals surface area contributed by atoms with Gasteiger partial charge in [0.05, 0.1) is 5.92 Å². The zero-order valence-electron chi connectivity index (χ0n) is 15.4. The first-order chi connectivity index (χ1) is 12.4. The lowest BCUT2D eigenvalue weighted by Gasteiger charge is -2.14. The van der Waals surface area contributed by atoms with Crippen molar-refractivity contribution >= 4 is 24.3 Å². The highest BCUT2D eigenvalue weighted by molar-refractivity contribution is 5.85. The zero-order chi connectivity index (χ0) is 18.7. The fraction of sp³-hybridized carbons (Fsp3) is 0.474. The van der Waals surface area contributed by atoms with Gasteiger partial charge in [0.25, 0.3) is 0 Å². The van der Waals surface area contributed by atoms with Crippen molar-refractivity contribution in [3.63, 3.8) is 0 Å². The highest BCUT2D eigenvalue weighted by atomic mass is 35.5. The van der Waals surface area contributed by atoms with Crippen LogP contribution in [-0.4, -0.2) is 45.1 Å². The Morgan fingerprint density at radius 1 is 1.30 bits per heavy atom. The molecule has 0 aliphatic carbocycles. The molecule has 0 bridgehead atoms. The minimum Gasteiger partial charge on any atom is -0.481 e. The number of benzene rings is 1. The number of amides is 1. The first-order valence-electron chi connectivity index (χ1n) is 8.87. The molecule has 146 valence electrons. The standard InChI is InChI=1S/C19H23N3O4.ClH/c1-12(2)13-3-5-14(6-4-13)18-20-16(26-21-18)7-8-17(23)22-10-9-15(11-22)19(24)25;/h3-6,12,15H,7-11H2,1-2H3,(H,24,25);1H. The molecule has 8 heteroatoms. The van der Waals surface area contributed by atoms with E-state index in [1.807, 2.05) is 24.3 Å². The Kier molecular flexibility index (Phi) is 6.96. The minimum atomic E-state index is -0.842. The molecular weight excluding hydrogens is 370 g/mol. The van der Waals surface area contributed by atoms with Crippen molar-refractivity contribution in [2.75, 3.05) is 13.1 Å². The quantitative estimate of drug-likeness (QED) is 0.809. The number of nitrogens with zero attached hydrogens (tertiary/aromatic N) is 3. The van der Waals surface area contributed by atoms with Crippen LogP contribution < -0.4 is 0 Å². The smallest absolute Gasteiger partial charge is 0.308 e. The Balaban J connectivity index is 0.00000261. The second kappa shape index (κ2) is 8.99. The van der Waals surface area contributed by atoms with Gasteiger partial charge in [-0.25, -0.2) is 0 Å². The van der Waals surface area contributed by atoms with Gasteiger partial charge in [-0.2, -0.15) is 4.98 Å². The number of aryl methyl sites for hydroxylation is 1. The molecule has 1 saturated heterocycles. The number of carbonyl (C=O) groups is 2. The largest absolute Gasteiger partial charge is 0.481 e. The third-order valence-electron chi connectivity index (χ3n) is 4.75. The van der Waals surface area contributed by atoms with Gasteiger partial charge in [0, 0.05) is 31.5 Å². The number of hydrogen-bond acceptors (Lipinski definition) is 5. The Morgan fingerprint density at radius 2 is 2.00 bits per heavy atom. The van der Waals surface area contributed by atoms with Crippen LogP contribution in [0.25, 0.3) is 11.4 Å². The summed E-state index contributed by atoms with van der Waals surface area (Å²) in [5, 5.41) is 13.0. The van der Waals surface area contributed by atoms with E-state index in [4.69, 9.17) is 9.63 Å². The summed E-state index contributed by atoms with van der Waals surface area (Å²) in [6, 6.07) is 8.02. The molecule has 1 amide bonds. The van der Waals surface area contributed by atoms with Crippen molar-refractivity contribution in [2.45, 2.75) is 39.0 Å². The maximum Gasteiger partial charge on any atom is 0.308 e. The summed E-state index contributed by atoms with van der Waals surface area (Å²) in [4.78, 5) is 29.1. The van der Waals surface area contributed by atoms with E-state index in [9.17, 15) is 9.59 Å². The van der Waals surface area contributed by atoms with Gasteiger partial charge in [-0.05, 0) is 17.9 Å². The van der Waals surface area contributed by atoms with Gasteiger partial charge in [0.2, 0.25) is 17.6 Å². The number of carboxylic acids is 1. The van der Waals surface area contributed by atoms with Crippen LogP contribution >= 0.6 is 12.4 Å². The summed E-state index contributed by atoms with van der Waals surface area (Å²) in [6.07, 6.45) is 1.10. The molecule has 0 saturated carbocycles. The summed E-state index contributed by atoms with van der Waals surface area (Å²) in [7, 11) is 0. The average Bonchev–Trinajstić information content (AvgIpc) is 3.29. The highest BCUT2D eigenvalue weighted by Crippen LogP contribution is 2.21. The molecule has 2 heterocycles. The van der Waals surface area contributed by atoms with Crippen molar-refractivity contribution < 1.29 is 19.2 Å². The maximum absolute atomic E-state index is 12.2. The molecule has 27 heavy (non-hydrogen) atoms. The first kappa shape index (κ1) is 20.9. The highest BCUT2D eigenvalue weighted by Gasteiger charge is 2.30. The van der Waals surface area contributed by atoms with Gasteiger partial charge in [0.1, 0.15) is 0 Å². The Bertz CT molecular complexity index is 789. The number of rotatable bonds is 6. The molecule has 3 rings (SSSR count). The lowest BCUT2D eigenvalue weighted by Crippen LogP contribution is -2.30. The Labute approximate surface area is 164 Å². The molecule has 1 fully saturated rings. The molecule has 7 nitrogen and oxygen atoms in total. The van der Waals surface area contributed by atoms with Crippen LogP contribution in [0.2, 0.25) is 0 Å². The van der Waals surface area contributed by atoms with Crippen molar-refractivity contribution in [2.24, 2.45) is 5.92 Å². The van der Waals surface area contributed by atoms with Crippen LogP contribution in [0.5, 0.6) is 0 Å². The summed E-state index contributed by atoms with van der Waals surface area (Å²) >= 11 is 0.